The monoisotopic (exact) mass is 388 g/mol. The lowest BCUT2D eigenvalue weighted by molar-refractivity contribution is -0.116. The number of carbonyl (C=O) groups is 1. The largest absolute Gasteiger partial charge is 0.324 e. The van der Waals surface area contributed by atoms with E-state index in [1.54, 1.807) is 13.8 Å². The maximum Gasteiger partial charge on any atom is 0.243 e. The fraction of sp³-hybridized carbons (Fsp3) is 0.381. The Kier molecular flexibility index (Phi) is 6.12. The van der Waals surface area contributed by atoms with Gasteiger partial charge in [-0.05, 0) is 74.9 Å². The number of rotatable bonds is 5. The number of para-hydroxylation sites is 1. The van der Waals surface area contributed by atoms with Gasteiger partial charge in [-0.1, -0.05) is 24.3 Å². The number of anilines is 1. The smallest absolute Gasteiger partial charge is 0.243 e. The van der Waals surface area contributed by atoms with Crippen molar-refractivity contribution in [1.29, 1.82) is 0 Å². The van der Waals surface area contributed by atoms with Crippen LogP contribution in [0.5, 0.6) is 0 Å². The molecule has 0 radical (unpaired) electrons. The van der Waals surface area contributed by atoms with E-state index in [1.807, 2.05) is 52.0 Å². The van der Waals surface area contributed by atoms with E-state index in [2.05, 4.69) is 5.32 Å². The minimum absolute atomic E-state index is 0.248. The number of sulfonamides is 1. The zero-order valence-corrected chi connectivity index (χ0v) is 17.9. The van der Waals surface area contributed by atoms with Crippen molar-refractivity contribution < 1.29 is 13.2 Å². The molecule has 1 N–H and O–H groups in total. The lowest BCUT2D eigenvalue weighted by Crippen LogP contribution is -2.36. The van der Waals surface area contributed by atoms with Crippen LogP contribution in [-0.4, -0.2) is 32.2 Å². The molecule has 0 saturated heterocycles. The molecule has 0 aromatic heterocycles. The van der Waals surface area contributed by atoms with Crippen LogP contribution in [-0.2, 0) is 14.8 Å². The molecule has 0 atom stereocenters. The molecule has 0 saturated carbocycles. The Morgan fingerprint density at radius 2 is 1.41 bits per heavy atom. The predicted molar refractivity (Wildman–Crippen MR) is 110 cm³/mol. The summed E-state index contributed by atoms with van der Waals surface area (Å²) in [7, 11) is -2.34. The quantitative estimate of drug-likeness (QED) is 0.847. The normalized spacial score (nSPS) is 11.7. The maximum absolute atomic E-state index is 13.1. The third-order valence-corrected chi connectivity index (χ3v) is 7.16. The number of hydrogen-bond donors (Lipinski definition) is 1. The number of nitrogens with zero attached hydrogens (tertiary/aromatic N) is 1. The first-order chi connectivity index (χ1) is 12.5. The van der Waals surface area contributed by atoms with Gasteiger partial charge in [0.25, 0.3) is 0 Å². The van der Waals surface area contributed by atoms with Crippen molar-refractivity contribution >= 4 is 21.6 Å². The maximum atomic E-state index is 13.1. The van der Waals surface area contributed by atoms with Crippen molar-refractivity contribution in [1.82, 2.24) is 4.31 Å². The van der Waals surface area contributed by atoms with Gasteiger partial charge in [0, 0.05) is 12.7 Å². The van der Waals surface area contributed by atoms with Gasteiger partial charge in [-0.3, -0.25) is 4.79 Å². The molecule has 6 heteroatoms. The van der Waals surface area contributed by atoms with E-state index in [1.165, 1.54) is 7.05 Å². The molecule has 2 aromatic rings. The summed E-state index contributed by atoms with van der Waals surface area (Å²) in [6, 6.07) is 7.72. The molecule has 0 heterocycles. The van der Waals surface area contributed by atoms with Crippen molar-refractivity contribution in [3.05, 3.63) is 57.6 Å². The molecule has 2 rings (SSSR count). The average molecular weight is 389 g/mol. The molecule has 0 aliphatic rings. The summed E-state index contributed by atoms with van der Waals surface area (Å²) in [5.41, 5.74) is 5.90. The minimum Gasteiger partial charge on any atom is -0.324 e. The summed E-state index contributed by atoms with van der Waals surface area (Å²) in [5.74, 6) is -0.363. The summed E-state index contributed by atoms with van der Waals surface area (Å²) in [4.78, 5) is 12.8. The fourth-order valence-electron chi connectivity index (χ4n) is 3.20. The second-order valence-electron chi connectivity index (χ2n) is 7.17. The van der Waals surface area contributed by atoms with Crippen LogP contribution in [0, 0.1) is 41.5 Å². The van der Waals surface area contributed by atoms with E-state index < -0.39 is 10.0 Å². The Bertz CT molecular complexity index is 948. The predicted octanol–water partition coefficient (Wildman–Crippen LogP) is 3.80. The summed E-state index contributed by atoms with van der Waals surface area (Å²) >= 11 is 0. The number of likely N-dealkylation sites (N-methyl/N-ethyl adjacent to an activating group) is 1. The molecular formula is C21H28N2O3S. The van der Waals surface area contributed by atoms with Crippen LogP contribution in [0.2, 0.25) is 0 Å². The topological polar surface area (TPSA) is 66.5 Å². The SMILES string of the molecule is Cc1cc(C)c(C)c(S(=O)(=O)N(C)CC(=O)Nc2c(C)cccc2C)c1C. The second-order valence-corrected chi connectivity index (χ2v) is 9.15. The highest BCUT2D eigenvalue weighted by atomic mass is 32.2. The van der Waals surface area contributed by atoms with Crippen molar-refractivity contribution in [3.8, 4) is 0 Å². The first-order valence-electron chi connectivity index (χ1n) is 8.86. The molecule has 0 aliphatic heterocycles. The second kappa shape index (κ2) is 7.82. The van der Waals surface area contributed by atoms with Crippen LogP contribution in [0.4, 0.5) is 5.69 Å². The third-order valence-electron chi connectivity index (χ3n) is 5.08. The standard InChI is InChI=1S/C21H28N2O3S/c1-13-9-8-10-14(2)20(13)22-19(24)12-23(7)27(25,26)21-17(5)15(3)11-16(4)18(21)6/h8-11H,12H2,1-7H3,(H,22,24). The van der Waals surface area contributed by atoms with Crippen LogP contribution in [0.1, 0.15) is 33.4 Å². The van der Waals surface area contributed by atoms with E-state index in [0.717, 1.165) is 43.4 Å². The molecule has 1 amide bonds. The number of aryl methyl sites for hydroxylation is 4. The Morgan fingerprint density at radius 3 is 1.89 bits per heavy atom. The third kappa shape index (κ3) is 4.22. The summed E-state index contributed by atoms with van der Waals surface area (Å²) in [5, 5.41) is 2.84. The highest BCUT2D eigenvalue weighted by Crippen LogP contribution is 2.28. The highest BCUT2D eigenvalue weighted by Gasteiger charge is 2.28. The van der Waals surface area contributed by atoms with E-state index >= 15 is 0 Å². The molecule has 0 fully saturated rings. The molecule has 0 bridgehead atoms. The molecule has 2 aromatic carbocycles. The summed E-state index contributed by atoms with van der Waals surface area (Å²) in [6.07, 6.45) is 0. The van der Waals surface area contributed by atoms with E-state index in [0.29, 0.717) is 4.90 Å². The molecular weight excluding hydrogens is 360 g/mol. The molecule has 0 spiro atoms. The molecule has 146 valence electrons. The van der Waals surface area contributed by atoms with Crippen molar-refractivity contribution in [2.45, 2.75) is 46.4 Å². The first-order valence-corrected chi connectivity index (χ1v) is 10.3. The van der Waals surface area contributed by atoms with Gasteiger partial charge in [0.2, 0.25) is 15.9 Å². The van der Waals surface area contributed by atoms with E-state index in [4.69, 9.17) is 0 Å². The Labute approximate surface area is 162 Å². The number of carbonyl (C=O) groups excluding carboxylic acids is 1. The lowest BCUT2D eigenvalue weighted by atomic mass is 10.0. The molecule has 0 aliphatic carbocycles. The summed E-state index contributed by atoms with van der Waals surface area (Å²) < 4.78 is 27.4. The van der Waals surface area contributed by atoms with Gasteiger partial charge in [0.05, 0.1) is 11.4 Å². The van der Waals surface area contributed by atoms with Crippen LogP contribution in [0.25, 0.3) is 0 Å². The van der Waals surface area contributed by atoms with Gasteiger partial charge >= 0.3 is 0 Å². The Balaban J connectivity index is 2.30. The summed E-state index contributed by atoms with van der Waals surface area (Å²) in [6.45, 7) is 11.0. The Morgan fingerprint density at radius 1 is 0.926 bits per heavy atom. The van der Waals surface area contributed by atoms with Crippen LogP contribution >= 0.6 is 0 Å². The minimum atomic E-state index is -3.78. The van der Waals surface area contributed by atoms with Crippen LogP contribution in [0.15, 0.2) is 29.2 Å². The first kappa shape index (κ1) is 21.1. The van der Waals surface area contributed by atoms with Gasteiger partial charge in [-0.25, -0.2) is 8.42 Å². The fourth-order valence-corrected chi connectivity index (χ4v) is 4.90. The van der Waals surface area contributed by atoms with Gasteiger partial charge in [0.1, 0.15) is 0 Å². The average Bonchev–Trinajstić information content (AvgIpc) is 2.56. The van der Waals surface area contributed by atoms with Crippen molar-refractivity contribution in [3.63, 3.8) is 0 Å². The number of hydrogen-bond acceptors (Lipinski definition) is 3. The molecule has 0 unspecified atom stereocenters. The Hall–Kier alpha value is -2.18. The van der Waals surface area contributed by atoms with Crippen LogP contribution in [0.3, 0.4) is 0 Å². The van der Waals surface area contributed by atoms with Gasteiger partial charge in [0.15, 0.2) is 0 Å². The van der Waals surface area contributed by atoms with E-state index in [9.17, 15) is 13.2 Å². The van der Waals surface area contributed by atoms with E-state index in [-0.39, 0.29) is 12.5 Å². The van der Waals surface area contributed by atoms with Gasteiger partial charge < -0.3 is 5.32 Å². The number of amides is 1. The molecule has 27 heavy (non-hydrogen) atoms. The highest BCUT2D eigenvalue weighted by molar-refractivity contribution is 7.89. The number of nitrogens with one attached hydrogen (secondary N) is 1. The van der Waals surface area contributed by atoms with Crippen molar-refractivity contribution in [2.24, 2.45) is 0 Å². The van der Waals surface area contributed by atoms with Crippen molar-refractivity contribution in [2.75, 3.05) is 18.9 Å². The lowest BCUT2D eigenvalue weighted by Gasteiger charge is -2.22. The number of benzene rings is 2. The van der Waals surface area contributed by atoms with Gasteiger partial charge in [-0.15, -0.1) is 0 Å². The van der Waals surface area contributed by atoms with Gasteiger partial charge in [-0.2, -0.15) is 4.31 Å². The zero-order chi connectivity index (χ0) is 20.5. The van der Waals surface area contributed by atoms with Crippen LogP contribution < -0.4 is 5.32 Å². The zero-order valence-electron chi connectivity index (χ0n) is 17.1. The molecule has 5 nitrogen and oxygen atoms in total.